The van der Waals surface area contributed by atoms with E-state index in [1.165, 1.54) is 18.7 Å². The number of aromatic nitrogens is 3. The Morgan fingerprint density at radius 2 is 1.90 bits per heavy atom. The van der Waals surface area contributed by atoms with Crippen molar-refractivity contribution in [2.24, 2.45) is 0 Å². The van der Waals surface area contributed by atoms with Crippen LogP contribution in [0.25, 0.3) is 0 Å². The normalized spacial score (nSPS) is 20.6. The van der Waals surface area contributed by atoms with E-state index in [1.54, 1.807) is 26.1 Å². The van der Waals surface area contributed by atoms with E-state index in [0.29, 0.717) is 24.3 Å². The fraction of sp³-hybridized carbons (Fsp3) is 0.577. The van der Waals surface area contributed by atoms with E-state index in [0.717, 1.165) is 10.7 Å². The molecule has 4 rings (SSSR count). The fourth-order valence-corrected chi connectivity index (χ4v) is 5.02. The van der Waals surface area contributed by atoms with Crippen LogP contribution in [0.4, 0.5) is 36.3 Å². The van der Waals surface area contributed by atoms with E-state index in [2.05, 4.69) is 19.9 Å². The van der Waals surface area contributed by atoms with Crippen molar-refractivity contribution in [3.8, 4) is 0 Å². The summed E-state index contributed by atoms with van der Waals surface area (Å²) in [6.07, 6.45) is -2.81. The summed E-state index contributed by atoms with van der Waals surface area (Å²) in [7, 11) is 0. The molecule has 11 nitrogen and oxygen atoms in total. The Labute approximate surface area is 231 Å². The van der Waals surface area contributed by atoms with Gasteiger partial charge in [0.05, 0.1) is 35.1 Å². The van der Waals surface area contributed by atoms with E-state index in [4.69, 9.17) is 20.6 Å². The number of pyridine rings is 1. The molecular formula is C26H35F3N8O3. The summed E-state index contributed by atoms with van der Waals surface area (Å²) in [6, 6.07) is 2.30. The number of carbonyl (C=O) groups excluding carboxylic acids is 1. The number of nitrogens with zero attached hydrogens (tertiary/aromatic N) is 6. The fourth-order valence-electron chi connectivity index (χ4n) is 5.02. The second-order valence-electron chi connectivity index (χ2n) is 11.0. The topological polar surface area (TPSA) is 134 Å². The first kappa shape index (κ1) is 29.3. The average Bonchev–Trinajstić information content (AvgIpc) is 3.05. The first-order valence-corrected chi connectivity index (χ1v) is 13.0. The van der Waals surface area contributed by atoms with E-state index < -0.39 is 36.8 Å². The number of ether oxygens (including phenoxy) is 2. The van der Waals surface area contributed by atoms with Gasteiger partial charge < -0.3 is 25.0 Å². The van der Waals surface area contributed by atoms with E-state index in [9.17, 15) is 18.0 Å². The minimum atomic E-state index is -4.51. The molecule has 1 amide bonds. The van der Waals surface area contributed by atoms with Gasteiger partial charge in [-0.2, -0.15) is 13.2 Å². The Kier molecular flexibility index (Phi) is 7.85. The Morgan fingerprint density at radius 3 is 2.45 bits per heavy atom. The number of halogens is 3. The monoisotopic (exact) mass is 564 g/mol. The molecule has 1 fully saturated rings. The SMILES string of the molecule is CC(C)N(CC(F)(F)F)C(=N)OCc1nc(N)c2c(n1)N(c1ccc(N3C[C@@H](C)O[C@@H](C)C3)nc1)C(=O)C2(C)C. The lowest BCUT2D eigenvalue weighted by Gasteiger charge is -2.36. The molecule has 218 valence electrons. The zero-order valence-electron chi connectivity index (χ0n) is 23.4. The van der Waals surface area contributed by atoms with Gasteiger partial charge in [0, 0.05) is 19.1 Å². The van der Waals surface area contributed by atoms with Crippen LogP contribution in [0.2, 0.25) is 0 Å². The molecule has 0 aromatic carbocycles. The van der Waals surface area contributed by atoms with Gasteiger partial charge in [-0.1, -0.05) is 0 Å². The van der Waals surface area contributed by atoms with Crippen molar-refractivity contribution in [1.82, 2.24) is 19.9 Å². The number of nitrogen functional groups attached to an aromatic ring is 1. The maximum atomic E-state index is 13.6. The molecule has 2 aromatic heterocycles. The van der Waals surface area contributed by atoms with Crippen LogP contribution in [0.3, 0.4) is 0 Å². The molecule has 2 aliphatic heterocycles. The van der Waals surface area contributed by atoms with Crippen LogP contribution in [0.15, 0.2) is 18.3 Å². The number of anilines is 4. The van der Waals surface area contributed by atoms with Crippen molar-refractivity contribution in [1.29, 1.82) is 5.41 Å². The Bertz CT molecular complexity index is 1260. The largest absolute Gasteiger partial charge is 0.457 e. The number of alkyl halides is 3. The first-order chi connectivity index (χ1) is 18.6. The third-order valence-electron chi connectivity index (χ3n) is 6.84. The van der Waals surface area contributed by atoms with E-state index in [-0.39, 0.29) is 35.6 Å². The number of rotatable bonds is 6. The van der Waals surface area contributed by atoms with E-state index in [1.807, 2.05) is 19.9 Å². The molecule has 4 heterocycles. The standard InChI is InChI=1S/C26H35F3N8O3/c1-14(2)36(13-26(27,28)29)24(31)39-12-18-33-21(30)20-22(34-18)37(23(38)25(20,5)6)17-7-8-19(32-9-17)35-10-15(3)40-16(4)11-35/h7-9,14-16,31H,10-13H2,1-6H3,(H2,30,33,34)/t15-,16+. The predicted octanol–water partition coefficient (Wildman–Crippen LogP) is 3.75. The summed E-state index contributed by atoms with van der Waals surface area (Å²) < 4.78 is 50.1. The van der Waals surface area contributed by atoms with Gasteiger partial charge in [0.2, 0.25) is 5.91 Å². The molecular weight excluding hydrogens is 529 g/mol. The molecule has 40 heavy (non-hydrogen) atoms. The molecule has 0 radical (unpaired) electrons. The quantitative estimate of drug-likeness (QED) is 0.397. The molecule has 2 aromatic rings. The second kappa shape index (κ2) is 10.7. The highest BCUT2D eigenvalue weighted by atomic mass is 19.4. The van der Waals surface area contributed by atoms with Crippen LogP contribution in [-0.2, 0) is 26.3 Å². The van der Waals surface area contributed by atoms with Crippen molar-refractivity contribution in [2.75, 3.05) is 35.2 Å². The van der Waals surface area contributed by atoms with Crippen molar-refractivity contribution in [2.45, 2.75) is 78.0 Å². The lowest BCUT2D eigenvalue weighted by molar-refractivity contribution is -0.142. The molecule has 0 bridgehead atoms. The zero-order valence-corrected chi connectivity index (χ0v) is 23.4. The molecule has 3 N–H and O–H groups in total. The number of amides is 1. The molecule has 2 aliphatic rings. The number of carbonyl (C=O) groups is 1. The van der Waals surface area contributed by atoms with Crippen molar-refractivity contribution >= 4 is 35.1 Å². The van der Waals surface area contributed by atoms with Gasteiger partial charge in [-0.3, -0.25) is 15.1 Å². The number of hydrogen-bond donors (Lipinski definition) is 2. The van der Waals surface area contributed by atoms with Gasteiger partial charge >= 0.3 is 6.18 Å². The van der Waals surface area contributed by atoms with Crippen LogP contribution in [0, 0.1) is 5.41 Å². The molecule has 0 unspecified atom stereocenters. The lowest BCUT2D eigenvalue weighted by atomic mass is 9.87. The lowest BCUT2D eigenvalue weighted by Crippen LogP contribution is -2.45. The Hall–Kier alpha value is -3.68. The van der Waals surface area contributed by atoms with Gasteiger partial charge in [-0.25, -0.2) is 15.0 Å². The number of morpholine rings is 1. The first-order valence-electron chi connectivity index (χ1n) is 13.0. The van der Waals surface area contributed by atoms with Gasteiger partial charge in [0.1, 0.15) is 24.0 Å². The summed E-state index contributed by atoms with van der Waals surface area (Å²) in [4.78, 5) is 31.2. The van der Waals surface area contributed by atoms with Gasteiger partial charge in [-0.15, -0.1) is 0 Å². The van der Waals surface area contributed by atoms with Crippen LogP contribution in [0.5, 0.6) is 0 Å². The van der Waals surface area contributed by atoms with Gasteiger partial charge in [0.15, 0.2) is 12.4 Å². The highest BCUT2D eigenvalue weighted by Crippen LogP contribution is 2.46. The summed E-state index contributed by atoms with van der Waals surface area (Å²) in [5, 5.41) is 8.04. The third-order valence-corrected chi connectivity index (χ3v) is 6.84. The highest BCUT2D eigenvalue weighted by Gasteiger charge is 2.48. The summed E-state index contributed by atoms with van der Waals surface area (Å²) in [5.74, 6) is 0.779. The van der Waals surface area contributed by atoms with Gasteiger partial charge in [0.25, 0.3) is 6.02 Å². The smallest absolute Gasteiger partial charge is 0.406 e. The van der Waals surface area contributed by atoms with Crippen LogP contribution >= 0.6 is 0 Å². The molecule has 0 saturated carbocycles. The number of nitrogens with one attached hydrogen (secondary N) is 1. The predicted molar refractivity (Wildman–Crippen MR) is 143 cm³/mol. The Morgan fingerprint density at radius 1 is 1.25 bits per heavy atom. The van der Waals surface area contributed by atoms with Gasteiger partial charge in [-0.05, 0) is 53.7 Å². The number of amidine groups is 1. The zero-order chi connectivity index (χ0) is 29.6. The second-order valence-corrected chi connectivity index (χ2v) is 11.0. The molecule has 0 spiro atoms. The maximum absolute atomic E-state index is 13.6. The summed E-state index contributed by atoms with van der Waals surface area (Å²) in [5.41, 5.74) is 6.13. The summed E-state index contributed by atoms with van der Waals surface area (Å²) >= 11 is 0. The molecule has 2 atom stereocenters. The minimum Gasteiger partial charge on any atom is -0.457 e. The van der Waals surface area contributed by atoms with Crippen LogP contribution < -0.4 is 15.5 Å². The van der Waals surface area contributed by atoms with Crippen molar-refractivity contribution < 1.29 is 27.4 Å². The number of fused-ring (bicyclic) bond motifs is 1. The summed E-state index contributed by atoms with van der Waals surface area (Å²) in [6.45, 7) is 10.1. The van der Waals surface area contributed by atoms with E-state index >= 15 is 0 Å². The average molecular weight is 565 g/mol. The molecule has 1 saturated heterocycles. The van der Waals surface area contributed by atoms with Crippen LogP contribution in [0.1, 0.15) is 52.9 Å². The number of hydrogen-bond acceptors (Lipinski definition) is 9. The van der Waals surface area contributed by atoms with Crippen LogP contribution in [-0.4, -0.2) is 75.8 Å². The maximum Gasteiger partial charge on any atom is 0.406 e. The minimum absolute atomic E-state index is 0.0214. The van der Waals surface area contributed by atoms with Crippen molar-refractivity contribution in [3.63, 3.8) is 0 Å². The molecule has 14 heteroatoms. The molecule has 0 aliphatic carbocycles. The Balaban J connectivity index is 1.60. The third kappa shape index (κ3) is 5.91. The van der Waals surface area contributed by atoms with Crippen molar-refractivity contribution in [3.05, 3.63) is 29.7 Å². The highest BCUT2D eigenvalue weighted by molar-refractivity contribution is 6.12. The number of nitrogens with two attached hydrogens (primary N) is 1.